The summed E-state index contributed by atoms with van der Waals surface area (Å²) in [7, 11) is 1.94. The van der Waals surface area contributed by atoms with Gasteiger partial charge in [0.05, 0.1) is 16.6 Å². The molecular formula is C12H13ClN4S. The lowest BCUT2D eigenvalue weighted by Crippen LogP contribution is -2.22. The second-order valence-electron chi connectivity index (χ2n) is 3.85. The molecule has 94 valence electrons. The Morgan fingerprint density at radius 3 is 2.89 bits per heavy atom. The van der Waals surface area contributed by atoms with E-state index in [1.54, 1.807) is 17.5 Å². The number of hydrogen-bond donors (Lipinski definition) is 2. The molecule has 2 aromatic heterocycles. The molecule has 4 nitrogen and oxygen atoms in total. The first-order valence-corrected chi connectivity index (χ1v) is 6.52. The summed E-state index contributed by atoms with van der Waals surface area (Å²) in [4.78, 5) is 7.29. The monoisotopic (exact) mass is 280 g/mol. The van der Waals surface area contributed by atoms with Gasteiger partial charge in [-0.15, -0.1) is 11.3 Å². The van der Waals surface area contributed by atoms with E-state index in [1.807, 2.05) is 36.2 Å². The maximum absolute atomic E-state index is 7.52. The molecule has 0 bridgehead atoms. The van der Waals surface area contributed by atoms with Crippen molar-refractivity contribution in [2.75, 3.05) is 11.9 Å². The third kappa shape index (κ3) is 2.80. The Morgan fingerprint density at radius 2 is 2.28 bits per heavy atom. The van der Waals surface area contributed by atoms with E-state index in [2.05, 4.69) is 4.98 Å². The van der Waals surface area contributed by atoms with Crippen LogP contribution in [0.15, 0.2) is 30.5 Å². The summed E-state index contributed by atoms with van der Waals surface area (Å²) in [6.45, 7) is 0.712. The van der Waals surface area contributed by atoms with E-state index in [1.165, 1.54) is 0 Å². The van der Waals surface area contributed by atoms with E-state index in [9.17, 15) is 0 Å². The fraction of sp³-hybridized carbons (Fsp3) is 0.167. The summed E-state index contributed by atoms with van der Waals surface area (Å²) in [5, 5.41) is 7.52. The molecule has 0 radical (unpaired) electrons. The van der Waals surface area contributed by atoms with Gasteiger partial charge in [0.25, 0.3) is 0 Å². The van der Waals surface area contributed by atoms with Crippen LogP contribution >= 0.6 is 22.9 Å². The van der Waals surface area contributed by atoms with Crippen LogP contribution in [0.2, 0.25) is 4.34 Å². The molecule has 0 aliphatic rings. The van der Waals surface area contributed by atoms with E-state index < -0.39 is 0 Å². The van der Waals surface area contributed by atoms with Crippen LogP contribution < -0.4 is 10.6 Å². The van der Waals surface area contributed by atoms with Gasteiger partial charge < -0.3 is 10.6 Å². The number of nitrogen functional groups attached to an aromatic ring is 1. The molecule has 0 aliphatic carbocycles. The quantitative estimate of drug-likeness (QED) is 0.668. The minimum absolute atomic E-state index is 0.0262. The normalized spacial score (nSPS) is 10.3. The predicted molar refractivity (Wildman–Crippen MR) is 76.7 cm³/mol. The first-order chi connectivity index (χ1) is 8.58. The largest absolute Gasteiger partial charge is 0.382 e. The van der Waals surface area contributed by atoms with Gasteiger partial charge in [0.1, 0.15) is 11.5 Å². The number of halogens is 1. The van der Waals surface area contributed by atoms with Crippen molar-refractivity contribution in [2.45, 2.75) is 6.54 Å². The van der Waals surface area contributed by atoms with Crippen molar-refractivity contribution in [3.63, 3.8) is 0 Å². The molecule has 2 heterocycles. The molecule has 2 rings (SSSR count). The fourth-order valence-corrected chi connectivity index (χ4v) is 2.81. The smallest absolute Gasteiger partial charge is 0.143 e. The SMILES string of the molecule is CN(Cc1ccc(Cl)s1)c1cccnc1C(=N)N. The second-order valence-corrected chi connectivity index (χ2v) is 5.65. The molecule has 0 atom stereocenters. The molecule has 3 N–H and O–H groups in total. The minimum Gasteiger partial charge on any atom is -0.382 e. The summed E-state index contributed by atoms with van der Waals surface area (Å²) < 4.78 is 0.774. The molecule has 0 amide bonds. The minimum atomic E-state index is -0.0262. The van der Waals surface area contributed by atoms with E-state index in [0.29, 0.717) is 12.2 Å². The summed E-state index contributed by atoms with van der Waals surface area (Å²) in [5.74, 6) is -0.0262. The van der Waals surface area contributed by atoms with Crippen LogP contribution in [0.4, 0.5) is 5.69 Å². The maximum Gasteiger partial charge on any atom is 0.143 e. The van der Waals surface area contributed by atoms with E-state index in [-0.39, 0.29) is 5.84 Å². The van der Waals surface area contributed by atoms with Gasteiger partial charge in [-0.05, 0) is 24.3 Å². The molecule has 0 fully saturated rings. The van der Waals surface area contributed by atoms with Crippen LogP contribution in [0.5, 0.6) is 0 Å². The number of nitrogens with one attached hydrogen (secondary N) is 1. The number of aromatic nitrogens is 1. The molecule has 0 unspecified atom stereocenters. The number of anilines is 1. The second kappa shape index (κ2) is 5.37. The van der Waals surface area contributed by atoms with Gasteiger partial charge >= 0.3 is 0 Å². The predicted octanol–water partition coefficient (Wildman–Crippen LogP) is 2.72. The molecule has 18 heavy (non-hydrogen) atoms. The van der Waals surface area contributed by atoms with Gasteiger partial charge in [0, 0.05) is 18.1 Å². The van der Waals surface area contributed by atoms with Crippen LogP contribution in [-0.4, -0.2) is 17.9 Å². The Labute approximate surface area is 115 Å². The maximum atomic E-state index is 7.52. The highest BCUT2D eigenvalue weighted by molar-refractivity contribution is 7.16. The average Bonchev–Trinajstić information content (AvgIpc) is 2.74. The highest BCUT2D eigenvalue weighted by Crippen LogP contribution is 2.25. The average molecular weight is 281 g/mol. The van der Waals surface area contributed by atoms with Gasteiger partial charge in [0.15, 0.2) is 0 Å². The van der Waals surface area contributed by atoms with E-state index in [0.717, 1.165) is 14.9 Å². The number of rotatable bonds is 4. The van der Waals surface area contributed by atoms with Crippen molar-refractivity contribution in [2.24, 2.45) is 5.73 Å². The Kier molecular flexibility index (Phi) is 3.84. The Balaban J connectivity index is 2.23. The van der Waals surface area contributed by atoms with E-state index >= 15 is 0 Å². The molecule has 0 saturated carbocycles. The van der Waals surface area contributed by atoms with Crippen LogP contribution in [0.25, 0.3) is 0 Å². The number of thiophene rings is 1. The number of hydrogen-bond acceptors (Lipinski definition) is 4. The van der Waals surface area contributed by atoms with Gasteiger partial charge in [0.2, 0.25) is 0 Å². The summed E-state index contributed by atoms with van der Waals surface area (Å²) >= 11 is 7.45. The third-order valence-corrected chi connectivity index (χ3v) is 3.69. The fourth-order valence-electron chi connectivity index (χ4n) is 1.67. The van der Waals surface area contributed by atoms with Gasteiger partial charge in [-0.1, -0.05) is 11.6 Å². The third-order valence-electron chi connectivity index (χ3n) is 2.47. The summed E-state index contributed by atoms with van der Waals surface area (Å²) in [6, 6.07) is 7.61. The molecule has 0 saturated heterocycles. The molecule has 2 aromatic rings. The van der Waals surface area contributed by atoms with Crippen LogP contribution in [-0.2, 0) is 6.54 Å². The summed E-state index contributed by atoms with van der Waals surface area (Å²) in [5.41, 5.74) is 6.87. The van der Waals surface area contributed by atoms with Crippen molar-refractivity contribution in [1.82, 2.24) is 4.98 Å². The summed E-state index contributed by atoms with van der Waals surface area (Å²) in [6.07, 6.45) is 1.64. The molecular weight excluding hydrogens is 268 g/mol. The molecule has 6 heteroatoms. The Hall–Kier alpha value is -1.59. The van der Waals surface area contributed by atoms with Crippen molar-refractivity contribution in [3.05, 3.63) is 45.4 Å². The Morgan fingerprint density at radius 1 is 1.50 bits per heavy atom. The molecule has 0 aliphatic heterocycles. The molecule has 0 spiro atoms. The van der Waals surface area contributed by atoms with Crippen molar-refractivity contribution >= 4 is 34.5 Å². The zero-order chi connectivity index (χ0) is 13.1. The standard InChI is InChI=1S/C12H13ClN4S/c1-17(7-8-4-5-10(13)18-8)9-3-2-6-16-11(9)12(14)15/h2-6H,7H2,1H3,(H3,14,15). The lowest BCUT2D eigenvalue weighted by Gasteiger charge is -2.20. The number of amidine groups is 1. The van der Waals surface area contributed by atoms with Crippen molar-refractivity contribution in [1.29, 1.82) is 5.41 Å². The Bertz CT molecular complexity index is 567. The van der Waals surface area contributed by atoms with Crippen molar-refractivity contribution in [3.8, 4) is 0 Å². The lowest BCUT2D eigenvalue weighted by atomic mass is 10.2. The topological polar surface area (TPSA) is 66.0 Å². The van der Waals surface area contributed by atoms with Crippen LogP contribution in [0, 0.1) is 5.41 Å². The first kappa shape index (κ1) is 12.9. The van der Waals surface area contributed by atoms with Gasteiger partial charge in [-0.25, -0.2) is 0 Å². The number of pyridine rings is 1. The molecule has 0 aromatic carbocycles. The highest BCUT2D eigenvalue weighted by atomic mass is 35.5. The zero-order valence-electron chi connectivity index (χ0n) is 9.85. The van der Waals surface area contributed by atoms with Crippen molar-refractivity contribution < 1.29 is 0 Å². The first-order valence-electron chi connectivity index (χ1n) is 5.32. The van der Waals surface area contributed by atoms with Crippen LogP contribution in [0.3, 0.4) is 0 Å². The van der Waals surface area contributed by atoms with Crippen LogP contribution in [0.1, 0.15) is 10.6 Å². The highest BCUT2D eigenvalue weighted by Gasteiger charge is 2.11. The number of nitrogens with zero attached hydrogens (tertiary/aromatic N) is 2. The lowest BCUT2D eigenvalue weighted by molar-refractivity contribution is 0.931. The van der Waals surface area contributed by atoms with Gasteiger partial charge in [-0.2, -0.15) is 0 Å². The number of nitrogens with two attached hydrogens (primary N) is 1. The van der Waals surface area contributed by atoms with Gasteiger partial charge in [-0.3, -0.25) is 10.4 Å². The van der Waals surface area contributed by atoms with E-state index in [4.69, 9.17) is 22.7 Å². The zero-order valence-corrected chi connectivity index (χ0v) is 11.4.